The molecule has 3 aliphatic heterocycles. The van der Waals surface area contributed by atoms with Gasteiger partial charge in [0.2, 0.25) is 5.91 Å². The summed E-state index contributed by atoms with van der Waals surface area (Å²) in [6, 6.07) is 13.2. The predicted octanol–water partition coefficient (Wildman–Crippen LogP) is 2.88. The van der Waals surface area contributed by atoms with E-state index in [0.717, 1.165) is 43.4 Å². The molecule has 4 amide bonds. The van der Waals surface area contributed by atoms with Crippen molar-refractivity contribution < 1.29 is 14.4 Å². The molecule has 0 bridgehead atoms. The average Bonchev–Trinajstić information content (AvgIpc) is 3.54. The number of pyridine rings is 1. The molecule has 10 heteroatoms. The van der Waals surface area contributed by atoms with Crippen molar-refractivity contribution >= 4 is 35.4 Å². The van der Waals surface area contributed by atoms with Crippen LogP contribution in [0.3, 0.4) is 0 Å². The predicted molar refractivity (Wildman–Crippen MR) is 147 cm³/mol. The Bertz CT molecular complexity index is 1310. The molecule has 3 fully saturated rings. The van der Waals surface area contributed by atoms with Gasteiger partial charge in [-0.1, -0.05) is 48.7 Å². The number of nitrogens with zero attached hydrogens (tertiary/aromatic N) is 2. The first-order valence-electron chi connectivity index (χ1n) is 13.0. The third-order valence-corrected chi connectivity index (χ3v) is 9.15. The molecule has 1 aromatic heterocycles. The minimum absolute atomic E-state index is 0.0234. The van der Waals surface area contributed by atoms with Gasteiger partial charge in [0.15, 0.2) is 0 Å². The molecule has 3 unspecified atom stereocenters. The van der Waals surface area contributed by atoms with Gasteiger partial charge in [0.05, 0.1) is 16.3 Å². The fourth-order valence-corrected chi connectivity index (χ4v) is 7.43. The standard InChI is InChI=1S/C28H30N6O3S/c1-2-22(35)31-18-9-6-10-19(18)32-26(36)25-24-23-20(12-14-30-27(23)38-25)34(28(37)33-24)21-15-17(11-13-29-21)16-7-4-3-5-8-16/h2-5,7-8,11,13,15,18-20,23,27,30H,1,6,9-10,12,14H2,(H,31,35)(H,32,36)(H,33,37)/t18-,19+,20?,23?,27?/m0/s1. The Morgan fingerprint density at radius 1 is 1.08 bits per heavy atom. The Balaban J connectivity index is 1.26. The van der Waals surface area contributed by atoms with E-state index in [9.17, 15) is 14.4 Å². The Hall–Kier alpha value is -3.63. The minimum atomic E-state index is -0.274. The van der Waals surface area contributed by atoms with Crippen LogP contribution in [0, 0.1) is 5.92 Å². The maximum absolute atomic E-state index is 13.5. The summed E-state index contributed by atoms with van der Waals surface area (Å²) in [6.07, 6.45) is 6.25. The van der Waals surface area contributed by atoms with Gasteiger partial charge in [0, 0.05) is 29.9 Å². The van der Waals surface area contributed by atoms with Crippen LogP contribution in [0.1, 0.15) is 25.7 Å². The van der Waals surface area contributed by atoms with Crippen LogP contribution in [0.5, 0.6) is 0 Å². The summed E-state index contributed by atoms with van der Waals surface area (Å²) in [5, 5.41) is 12.6. The minimum Gasteiger partial charge on any atom is -0.348 e. The number of hydrogen-bond acceptors (Lipinski definition) is 6. The van der Waals surface area contributed by atoms with Crippen molar-refractivity contribution in [2.24, 2.45) is 5.92 Å². The molecular formula is C28H30N6O3S. The third-order valence-electron chi connectivity index (χ3n) is 7.79. The van der Waals surface area contributed by atoms with Crippen LogP contribution in [-0.4, -0.2) is 52.9 Å². The fraction of sp³-hybridized carbons (Fsp3) is 0.357. The lowest BCUT2D eigenvalue weighted by Crippen LogP contribution is -2.62. The first-order valence-corrected chi connectivity index (χ1v) is 13.9. The second kappa shape index (κ2) is 10.3. The number of carbonyl (C=O) groups is 3. The molecule has 4 aliphatic rings. The van der Waals surface area contributed by atoms with Crippen LogP contribution in [-0.2, 0) is 9.59 Å². The molecule has 4 heterocycles. The van der Waals surface area contributed by atoms with Crippen molar-refractivity contribution in [3.05, 3.63) is 71.9 Å². The van der Waals surface area contributed by atoms with Crippen molar-refractivity contribution in [2.45, 2.75) is 49.2 Å². The molecule has 6 rings (SSSR count). The van der Waals surface area contributed by atoms with Crippen molar-refractivity contribution in [3.8, 4) is 11.1 Å². The summed E-state index contributed by atoms with van der Waals surface area (Å²) in [7, 11) is 0. The number of piperidine rings is 1. The molecule has 196 valence electrons. The van der Waals surface area contributed by atoms with Crippen LogP contribution >= 0.6 is 11.8 Å². The lowest BCUT2D eigenvalue weighted by Gasteiger charge is -2.45. The van der Waals surface area contributed by atoms with Crippen LogP contribution < -0.4 is 26.2 Å². The Morgan fingerprint density at radius 3 is 2.66 bits per heavy atom. The van der Waals surface area contributed by atoms with Gasteiger partial charge in [-0.3, -0.25) is 14.5 Å². The average molecular weight is 531 g/mol. The normalized spacial score (nSPS) is 27.9. The third kappa shape index (κ3) is 4.48. The number of nitrogens with one attached hydrogen (secondary N) is 4. The van der Waals surface area contributed by atoms with Crippen LogP contribution in [0.2, 0.25) is 0 Å². The maximum Gasteiger partial charge on any atom is 0.327 e. The summed E-state index contributed by atoms with van der Waals surface area (Å²) < 4.78 is 0. The zero-order valence-electron chi connectivity index (χ0n) is 20.9. The summed E-state index contributed by atoms with van der Waals surface area (Å²) in [4.78, 5) is 45.7. The van der Waals surface area contributed by atoms with E-state index in [0.29, 0.717) is 16.4 Å². The van der Waals surface area contributed by atoms with E-state index in [1.165, 1.54) is 17.8 Å². The highest BCUT2D eigenvalue weighted by molar-refractivity contribution is 8.04. The number of rotatable bonds is 6. The Labute approximate surface area is 225 Å². The van der Waals surface area contributed by atoms with Gasteiger partial charge < -0.3 is 21.3 Å². The van der Waals surface area contributed by atoms with Gasteiger partial charge in [-0.2, -0.15) is 0 Å². The second-order valence-electron chi connectivity index (χ2n) is 10.0. The number of hydrogen-bond donors (Lipinski definition) is 4. The highest BCUT2D eigenvalue weighted by Crippen LogP contribution is 2.48. The zero-order chi connectivity index (χ0) is 26.2. The van der Waals surface area contributed by atoms with Crippen LogP contribution in [0.15, 0.2) is 71.9 Å². The van der Waals surface area contributed by atoms with E-state index in [1.54, 1.807) is 11.1 Å². The molecule has 1 aliphatic carbocycles. The summed E-state index contributed by atoms with van der Waals surface area (Å²) >= 11 is 1.47. The molecule has 9 nitrogen and oxygen atoms in total. The van der Waals surface area contributed by atoms with Crippen LogP contribution in [0.25, 0.3) is 11.1 Å². The molecule has 5 atom stereocenters. The number of urea groups is 1. The first kappa shape index (κ1) is 24.7. The van der Waals surface area contributed by atoms with Crippen LogP contribution in [0.4, 0.5) is 10.6 Å². The molecule has 2 saturated heterocycles. The first-order chi connectivity index (χ1) is 18.5. The number of aromatic nitrogens is 1. The fourth-order valence-electron chi connectivity index (χ4n) is 6.03. The van der Waals surface area contributed by atoms with E-state index in [2.05, 4.69) is 32.8 Å². The van der Waals surface area contributed by atoms with Gasteiger partial charge in [-0.05, 0) is 61.6 Å². The topological polar surface area (TPSA) is 115 Å². The quantitative estimate of drug-likeness (QED) is 0.427. The lowest BCUT2D eigenvalue weighted by molar-refractivity contribution is -0.119. The van der Waals surface area contributed by atoms with Gasteiger partial charge >= 0.3 is 6.03 Å². The van der Waals surface area contributed by atoms with E-state index < -0.39 is 0 Å². The number of benzene rings is 1. The zero-order valence-corrected chi connectivity index (χ0v) is 21.7. The van der Waals surface area contributed by atoms with Gasteiger partial charge in [-0.15, -0.1) is 0 Å². The van der Waals surface area contributed by atoms with E-state index in [-0.39, 0.29) is 47.3 Å². The number of amides is 4. The molecule has 2 aromatic rings. The van der Waals surface area contributed by atoms with E-state index in [1.807, 2.05) is 42.5 Å². The van der Waals surface area contributed by atoms with Crippen molar-refractivity contribution in [1.82, 2.24) is 26.3 Å². The maximum atomic E-state index is 13.5. The SMILES string of the molecule is C=CC(=O)N[C@H]1CCC[C@H]1NC(=O)C1=C2NC(=O)N(c3cc(-c4ccccc4)ccn3)C3CCNC(S1)C23. The molecule has 1 aromatic carbocycles. The van der Waals surface area contributed by atoms with Gasteiger partial charge in [0.1, 0.15) is 5.82 Å². The molecule has 38 heavy (non-hydrogen) atoms. The van der Waals surface area contributed by atoms with Crippen molar-refractivity contribution in [2.75, 3.05) is 11.4 Å². The molecule has 0 radical (unpaired) electrons. The highest BCUT2D eigenvalue weighted by Gasteiger charge is 2.52. The van der Waals surface area contributed by atoms with Crippen molar-refractivity contribution in [3.63, 3.8) is 0 Å². The molecule has 1 saturated carbocycles. The number of thioether (sulfide) groups is 1. The molecule has 0 spiro atoms. The molecule has 4 N–H and O–H groups in total. The Kier molecular flexibility index (Phi) is 6.67. The number of anilines is 1. The highest BCUT2D eigenvalue weighted by atomic mass is 32.2. The number of carbonyl (C=O) groups excluding carboxylic acids is 3. The summed E-state index contributed by atoms with van der Waals surface area (Å²) in [5.41, 5.74) is 2.73. The summed E-state index contributed by atoms with van der Waals surface area (Å²) in [6.45, 7) is 4.25. The summed E-state index contributed by atoms with van der Waals surface area (Å²) in [5.74, 6) is 0.0937. The van der Waals surface area contributed by atoms with E-state index >= 15 is 0 Å². The lowest BCUT2D eigenvalue weighted by atomic mass is 9.86. The smallest absolute Gasteiger partial charge is 0.327 e. The molecular weight excluding hydrogens is 500 g/mol. The van der Waals surface area contributed by atoms with Gasteiger partial charge in [0.25, 0.3) is 5.91 Å². The largest absolute Gasteiger partial charge is 0.348 e. The second-order valence-corrected chi connectivity index (χ2v) is 11.2. The van der Waals surface area contributed by atoms with E-state index in [4.69, 9.17) is 0 Å². The monoisotopic (exact) mass is 530 g/mol. The van der Waals surface area contributed by atoms with Crippen molar-refractivity contribution in [1.29, 1.82) is 0 Å². The Morgan fingerprint density at radius 2 is 1.87 bits per heavy atom. The van der Waals surface area contributed by atoms with Gasteiger partial charge in [-0.25, -0.2) is 9.78 Å².